The van der Waals surface area contributed by atoms with Crippen LogP contribution in [0.15, 0.2) is 30.3 Å². The molecule has 0 aromatic heterocycles. The lowest BCUT2D eigenvalue weighted by molar-refractivity contribution is -0.140. The summed E-state index contributed by atoms with van der Waals surface area (Å²) in [5.41, 5.74) is 0.923. The van der Waals surface area contributed by atoms with Crippen molar-refractivity contribution >= 4 is 12.0 Å². The first-order valence-corrected chi connectivity index (χ1v) is 5.89. The van der Waals surface area contributed by atoms with Gasteiger partial charge in [0.2, 0.25) is 0 Å². The molecule has 0 saturated carbocycles. The maximum atomic E-state index is 11.5. The van der Waals surface area contributed by atoms with Gasteiger partial charge in [-0.25, -0.2) is 4.79 Å². The highest BCUT2D eigenvalue weighted by molar-refractivity contribution is 5.87. The van der Waals surface area contributed by atoms with Crippen LogP contribution in [0.1, 0.15) is 26.3 Å². The number of carbonyl (C=O) groups excluding carboxylic acids is 1. The van der Waals surface area contributed by atoms with Gasteiger partial charge in [-0.05, 0) is 29.2 Å². The highest BCUT2D eigenvalue weighted by Crippen LogP contribution is 2.14. The van der Waals surface area contributed by atoms with Crippen LogP contribution in [0, 0.1) is 5.41 Å². The number of carbonyl (C=O) groups is 1. The zero-order valence-electron chi connectivity index (χ0n) is 11.4. The molecule has 0 bridgehead atoms. The molecular formula is C15H20O3. The Balaban J connectivity index is 2.50. The van der Waals surface area contributed by atoms with E-state index in [1.807, 2.05) is 45.0 Å². The first-order valence-electron chi connectivity index (χ1n) is 5.89. The second-order valence-electron chi connectivity index (χ2n) is 5.27. The molecule has 0 aliphatic carbocycles. The van der Waals surface area contributed by atoms with Crippen molar-refractivity contribution in [1.82, 2.24) is 0 Å². The van der Waals surface area contributed by atoms with Crippen LogP contribution in [0.25, 0.3) is 6.08 Å². The number of hydrogen-bond donors (Lipinski definition) is 0. The molecule has 0 spiro atoms. The second-order valence-corrected chi connectivity index (χ2v) is 5.27. The van der Waals surface area contributed by atoms with Gasteiger partial charge in [0.05, 0.1) is 13.7 Å². The van der Waals surface area contributed by atoms with Crippen molar-refractivity contribution in [2.45, 2.75) is 20.8 Å². The zero-order valence-corrected chi connectivity index (χ0v) is 11.4. The predicted molar refractivity (Wildman–Crippen MR) is 72.4 cm³/mol. The van der Waals surface area contributed by atoms with Crippen molar-refractivity contribution in [3.63, 3.8) is 0 Å². The van der Waals surface area contributed by atoms with E-state index in [4.69, 9.17) is 9.47 Å². The fraction of sp³-hybridized carbons (Fsp3) is 0.400. The molecule has 0 saturated heterocycles. The Morgan fingerprint density at radius 1 is 1.22 bits per heavy atom. The fourth-order valence-electron chi connectivity index (χ4n) is 1.22. The molecule has 0 aliphatic rings. The van der Waals surface area contributed by atoms with E-state index in [2.05, 4.69) is 0 Å². The third kappa shape index (κ3) is 5.53. The number of ether oxygens (including phenoxy) is 2. The molecular weight excluding hydrogens is 228 g/mol. The SMILES string of the molecule is COc1ccc(/C=C/C(=O)OCC(C)(C)C)cc1. The van der Waals surface area contributed by atoms with Crippen molar-refractivity contribution in [2.75, 3.05) is 13.7 Å². The van der Waals surface area contributed by atoms with E-state index in [1.165, 1.54) is 6.08 Å². The highest BCUT2D eigenvalue weighted by Gasteiger charge is 2.12. The molecule has 0 amide bonds. The molecule has 0 heterocycles. The molecule has 0 atom stereocenters. The van der Waals surface area contributed by atoms with Crippen molar-refractivity contribution in [3.8, 4) is 5.75 Å². The van der Waals surface area contributed by atoms with E-state index >= 15 is 0 Å². The summed E-state index contributed by atoms with van der Waals surface area (Å²) in [6.45, 7) is 6.48. The predicted octanol–water partition coefficient (Wildman–Crippen LogP) is 3.30. The molecule has 1 rings (SSSR count). The molecule has 0 radical (unpaired) electrons. The number of hydrogen-bond acceptors (Lipinski definition) is 3. The Morgan fingerprint density at radius 2 is 1.83 bits per heavy atom. The Bertz CT molecular complexity index is 410. The van der Waals surface area contributed by atoms with Crippen LogP contribution < -0.4 is 4.74 Å². The van der Waals surface area contributed by atoms with Crippen molar-refractivity contribution < 1.29 is 14.3 Å². The topological polar surface area (TPSA) is 35.5 Å². The summed E-state index contributed by atoms with van der Waals surface area (Å²) in [4.78, 5) is 11.5. The first-order chi connectivity index (χ1) is 8.40. The van der Waals surface area contributed by atoms with E-state index in [0.717, 1.165) is 11.3 Å². The average Bonchev–Trinajstić information content (AvgIpc) is 2.33. The normalized spacial score (nSPS) is 11.6. The summed E-state index contributed by atoms with van der Waals surface area (Å²) in [6, 6.07) is 7.46. The third-order valence-electron chi connectivity index (χ3n) is 2.18. The zero-order chi connectivity index (χ0) is 13.6. The Kier molecular flexibility index (Phi) is 4.95. The number of benzene rings is 1. The minimum atomic E-state index is -0.319. The first kappa shape index (κ1) is 14.3. The Hall–Kier alpha value is -1.77. The van der Waals surface area contributed by atoms with Gasteiger partial charge < -0.3 is 9.47 Å². The highest BCUT2D eigenvalue weighted by atomic mass is 16.5. The summed E-state index contributed by atoms with van der Waals surface area (Å²) in [6.07, 6.45) is 3.16. The van der Waals surface area contributed by atoms with Gasteiger partial charge in [-0.1, -0.05) is 32.9 Å². The van der Waals surface area contributed by atoms with Crippen LogP contribution in [0.5, 0.6) is 5.75 Å². The summed E-state index contributed by atoms with van der Waals surface area (Å²) < 4.78 is 10.2. The largest absolute Gasteiger partial charge is 0.497 e. The summed E-state index contributed by atoms with van der Waals surface area (Å²) in [7, 11) is 1.62. The van der Waals surface area contributed by atoms with Crippen molar-refractivity contribution in [2.24, 2.45) is 5.41 Å². The standard InChI is InChI=1S/C15H20O3/c1-15(2,3)11-18-14(16)10-7-12-5-8-13(17-4)9-6-12/h5-10H,11H2,1-4H3/b10-7+. The molecule has 3 heteroatoms. The van der Waals surface area contributed by atoms with Crippen LogP contribution in [-0.4, -0.2) is 19.7 Å². The monoisotopic (exact) mass is 248 g/mol. The van der Waals surface area contributed by atoms with Gasteiger partial charge in [0.25, 0.3) is 0 Å². The maximum absolute atomic E-state index is 11.5. The van der Waals surface area contributed by atoms with E-state index < -0.39 is 0 Å². The van der Waals surface area contributed by atoms with Crippen LogP contribution in [0.4, 0.5) is 0 Å². The van der Waals surface area contributed by atoms with E-state index in [0.29, 0.717) is 6.61 Å². The number of esters is 1. The minimum Gasteiger partial charge on any atom is -0.497 e. The molecule has 18 heavy (non-hydrogen) atoms. The summed E-state index contributed by atoms with van der Waals surface area (Å²) in [5, 5.41) is 0. The lowest BCUT2D eigenvalue weighted by atomic mass is 9.99. The smallest absolute Gasteiger partial charge is 0.330 e. The molecule has 0 N–H and O–H groups in total. The van der Waals surface area contributed by atoms with E-state index in [1.54, 1.807) is 13.2 Å². The molecule has 1 aromatic rings. The molecule has 0 unspecified atom stereocenters. The Morgan fingerprint density at radius 3 is 2.33 bits per heavy atom. The van der Waals surface area contributed by atoms with E-state index in [9.17, 15) is 4.79 Å². The van der Waals surface area contributed by atoms with Crippen molar-refractivity contribution in [1.29, 1.82) is 0 Å². The number of methoxy groups -OCH3 is 1. The molecule has 3 nitrogen and oxygen atoms in total. The maximum Gasteiger partial charge on any atom is 0.330 e. The average molecular weight is 248 g/mol. The minimum absolute atomic E-state index is 0.0103. The fourth-order valence-corrected chi connectivity index (χ4v) is 1.22. The molecule has 0 aliphatic heterocycles. The number of rotatable bonds is 4. The van der Waals surface area contributed by atoms with Gasteiger partial charge in [-0.15, -0.1) is 0 Å². The molecule has 1 aromatic carbocycles. The van der Waals surface area contributed by atoms with Gasteiger partial charge in [0, 0.05) is 6.08 Å². The summed E-state index contributed by atoms with van der Waals surface area (Å²) >= 11 is 0. The lowest BCUT2D eigenvalue weighted by Crippen LogP contribution is -2.17. The van der Waals surface area contributed by atoms with Crippen LogP contribution in [-0.2, 0) is 9.53 Å². The van der Waals surface area contributed by atoms with Gasteiger partial charge in [-0.3, -0.25) is 0 Å². The van der Waals surface area contributed by atoms with Crippen molar-refractivity contribution in [3.05, 3.63) is 35.9 Å². The third-order valence-corrected chi connectivity index (χ3v) is 2.18. The molecule has 98 valence electrons. The van der Waals surface area contributed by atoms with Gasteiger partial charge in [0.1, 0.15) is 5.75 Å². The lowest BCUT2D eigenvalue weighted by Gasteiger charge is -2.16. The van der Waals surface area contributed by atoms with Crippen LogP contribution in [0.2, 0.25) is 0 Å². The summed E-state index contributed by atoms with van der Waals surface area (Å²) in [5.74, 6) is 0.475. The second kappa shape index (κ2) is 6.24. The van der Waals surface area contributed by atoms with Gasteiger partial charge in [0.15, 0.2) is 0 Å². The van der Waals surface area contributed by atoms with Gasteiger partial charge in [-0.2, -0.15) is 0 Å². The van der Waals surface area contributed by atoms with Crippen LogP contribution >= 0.6 is 0 Å². The Labute approximate surface area is 108 Å². The molecule has 0 fully saturated rings. The van der Waals surface area contributed by atoms with Gasteiger partial charge >= 0.3 is 5.97 Å². The van der Waals surface area contributed by atoms with Crippen LogP contribution in [0.3, 0.4) is 0 Å². The quantitative estimate of drug-likeness (QED) is 0.606. The van der Waals surface area contributed by atoms with E-state index in [-0.39, 0.29) is 11.4 Å².